The van der Waals surface area contributed by atoms with Gasteiger partial charge in [-0.25, -0.2) is 4.79 Å². The van der Waals surface area contributed by atoms with Gasteiger partial charge in [0.25, 0.3) is 5.91 Å². The third-order valence-corrected chi connectivity index (χ3v) is 4.31. The number of esters is 1. The van der Waals surface area contributed by atoms with Crippen molar-refractivity contribution < 1.29 is 14.3 Å². The molecule has 1 aliphatic heterocycles. The number of benzene rings is 1. The third kappa shape index (κ3) is 3.96. The quantitative estimate of drug-likeness (QED) is 0.470. The van der Waals surface area contributed by atoms with E-state index in [1.54, 1.807) is 37.4 Å². The Balaban J connectivity index is 2.15. The van der Waals surface area contributed by atoms with Gasteiger partial charge in [0.15, 0.2) is 0 Å². The van der Waals surface area contributed by atoms with Crippen LogP contribution in [0.4, 0.5) is 0 Å². The second-order valence-electron chi connectivity index (χ2n) is 5.86. The highest BCUT2D eigenvalue weighted by molar-refractivity contribution is 8.26. The standard InChI is InChI=1S/C16H17NO3S2/c1-16(2,3)20-14(19)11-7-5-10(6-8-11)9-12-13(18)17(4)15(21)22-12/h5-9H,1-4H3/b12-9-. The van der Waals surface area contributed by atoms with Gasteiger partial charge in [-0.3, -0.25) is 9.69 Å². The Kier molecular flexibility index (Phi) is 4.72. The molecule has 0 saturated carbocycles. The van der Waals surface area contributed by atoms with Crippen molar-refractivity contribution >= 4 is 46.3 Å². The highest BCUT2D eigenvalue weighted by Gasteiger charge is 2.28. The molecule has 0 atom stereocenters. The monoisotopic (exact) mass is 335 g/mol. The molecule has 1 heterocycles. The van der Waals surface area contributed by atoms with Gasteiger partial charge in [0.05, 0.1) is 10.5 Å². The molecular formula is C16H17NO3S2. The van der Waals surface area contributed by atoms with E-state index in [1.165, 1.54) is 16.7 Å². The van der Waals surface area contributed by atoms with E-state index in [0.717, 1.165) is 5.56 Å². The second-order valence-corrected chi connectivity index (χ2v) is 7.54. The Hall–Kier alpha value is -1.66. The Bertz CT molecular complexity index is 657. The number of hydrogen-bond acceptors (Lipinski definition) is 5. The summed E-state index contributed by atoms with van der Waals surface area (Å²) in [4.78, 5) is 25.9. The number of thiocarbonyl (C=S) groups is 1. The molecule has 0 unspecified atom stereocenters. The van der Waals surface area contributed by atoms with E-state index in [1.807, 2.05) is 20.8 Å². The van der Waals surface area contributed by atoms with Crippen LogP contribution in [0.5, 0.6) is 0 Å². The average Bonchev–Trinajstić information content (AvgIpc) is 2.65. The van der Waals surface area contributed by atoms with Gasteiger partial charge in [0.1, 0.15) is 9.92 Å². The topological polar surface area (TPSA) is 46.6 Å². The number of rotatable bonds is 2. The largest absolute Gasteiger partial charge is 0.456 e. The number of carbonyl (C=O) groups is 2. The minimum Gasteiger partial charge on any atom is -0.456 e. The summed E-state index contributed by atoms with van der Waals surface area (Å²) in [6.45, 7) is 5.48. The van der Waals surface area contributed by atoms with Crippen LogP contribution in [0.1, 0.15) is 36.7 Å². The van der Waals surface area contributed by atoms with E-state index in [-0.39, 0.29) is 11.9 Å². The fourth-order valence-corrected chi connectivity index (χ4v) is 2.93. The lowest BCUT2D eigenvalue weighted by Gasteiger charge is -2.19. The highest BCUT2D eigenvalue weighted by Crippen LogP contribution is 2.31. The van der Waals surface area contributed by atoms with Gasteiger partial charge >= 0.3 is 5.97 Å². The van der Waals surface area contributed by atoms with Crippen LogP contribution in [-0.2, 0) is 9.53 Å². The number of nitrogens with zero attached hydrogens (tertiary/aromatic N) is 1. The van der Waals surface area contributed by atoms with Crippen LogP contribution in [0.3, 0.4) is 0 Å². The van der Waals surface area contributed by atoms with Crippen LogP contribution in [0, 0.1) is 0 Å². The third-order valence-electron chi connectivity index (χ3n) is 2.83. The molecule has 116 valence electrons. The van der Waals surface area contributed by atoms with Gasteiger partial charge in [-0.15, -0.1) is 0 Å². The number of thioether (sulfide) groups is 1. The van der Waals surface area contributed by atoms with Crippen LogP contribution in [0.2, 0.25) is 0 Å². The molecule has 0 bridgehead atoms. The fourth-order valence-electron chi connectivity index (χ4n) is 1.75. The molecule has 1 aliphatic rings. The van der Waals surface area contributed by atoms with E-state index in [2.05, 4.69) is 0 Å². The van der Waals surface area contributed by atoms with Crippen molar-refractivity contribution in [2.75, 3.05) is 7.05 Å². The molecule has 1 aromatic rings. The summed E-state index contributed by atoms with van der Waals surface area (Å²) >= 11 is 6.36. The molecule has 6 heteroatoms. The van der Waals surface area contributed by atoms with Crippen LogP contribution >= 0.6 is 24.0 Å². The van der Waals surface area contributed by atoms with E-state index < -0.39 is 5.60 Å². The first kappa shape index (κ1) is 16.7. The van der Waals surface area contributed by atoms with Gasteiger partial charge < -0.3 is 4.74 Å². The van der Waals surface area contributed by atoms with Crippen LogP contribution < -0.4 is 0 Å². The minimum absolute atomic E-state index is 0.105. The lowest BCUT2D eigenvalue weighted by molar-refractivity contribution is -0.121. The molecule has 1 aromatic carbocycles. The van der Waals surface area contributed by atoms with Crippen molar-refractivity contribution in [3.63, 3.8) is 0 Å². The Morgan fingerprint density at radius 2 is 1.86 bits per heavy atom. The van der Waals surface area contributed by atoms with Crippen LogP contribution in [0.15, 0.2) is 29.2 Å². The molecule has 1 fully saturated rings. The van der Waals surface area contributed by atoms with Gasteiger partial charge in [-0.2, -0.15) is 0 Å². The average molecular weight is 335 g/mol. The van der Waals surface area contributed by atoms with Gasteiger partial charge in [-0.1, -0.05) is 36.1 Å². The first-order chi connectivity index (χ1) is 10.2. The summed E-state index contributed by atoms with van der Waals surface area (Å²) in [6, 6.07) is 6.93. The van der Waals surface area contributed by atoms with Gasteiger partial charge in [0, 0.05) is 7.05 Å². The van der Waals surface area contributed by atoms with Crippen molar-refractivity contribution in [2.45, 2.75) is 26.4 Å². The van der Waals surface area contributed by atoms with Crippen molar-refractivity contribution in [2.24, 2.45) is 0 Å². The van der Waals surface area contributed by atoms with Gasteiger partial charge in [0.2, 0.25) is 0 Å². The molecule has 0 aromatic heterocycles. The SMILES string of the molecule is CN1C(=O)/C(=C/c2ccc(C(=O)OC(C)(C)C)cc2)SC1=S. The predicted molar refractivity (Wildman–Crippen MR) is 92.5 cm³/mol. The van der Waals surface area contributed by atoms with Crippen molar-refractivity contribution in [3.05, 3.63) is 40.3 Å². The summed E-state index contributed by atoms with van der Waals surface area (Å²) in [7, 11) is 1.66. The highest BCUT2D eigenvalue weighted by atomic mass is 32.2. The summed E-state index contributed by atoms with van der Waals surface area (Å²) in [6.07, 6.45) is 1.77. The molecule has 0 N–H and O–H groups in total. The lowest BCUT2D eigenvalue weighted by Crippen LogP contribution is -2.23. The molecule has 0 spiro atoms. The van der Waals surface area contributed by atoms with Crippen LogP contribution in [-0.4, -0.2) is 33.7 Å². The second kappa shape index (κ2) is 6.22. The predicted octanol–water partition coefficient (Wildman–Crippen LogP) is 3.47. The molecule has 0 radical (unpaired) electrons. The molecule has 1 amide bonds. The van der Waals surface area contributed by atoms with E-state index >= 15 is 0 Å². The number of likely N-dealkylation sites (N-methyl/N-ethyl adjacent to an activating group) is 1. The molecule has 2 rings (SSSR count). The molecule has 22 heavy (non-hydrogen) atoms. The smallest absolute Gasteiger partial charge is 0.338 e. The zero-order chi connectivity index (χ0) is 16.5. The normalized spacial score (nSPS) is 17.3. The van der Waals surface area contributed by atoms with E-state index in [4.69, 9.17) is 17.0 Å². The maximum Gasteiger partial charge on any atom is 0.338 e. The number of carbonyl (C=O) groups excluding carboxylic acids is 2. The van der Waals surface area contributed by atoms with E-state index in [9.17, 15) is 9.59 Å². The maximum atomic E-state index is 11.9. The minimum atomic E-state index is -0.523. The summed E-state index contributed by atoms with van der Waals surface area (Å²) in [5.41, 5.74) is 0.793. The number of hydrogen-bond donors (Lipinski definition) is 0. The molecular weight excluding hydrogens is 318 g/mol. The molecule has 4 nitrogen and oxygen atoms in total. The Morgan fingerprint density at radius 3 is 2.32 bits per heavy atom. The van der Waals surface area contributed by atoms with Crippen molar-refractivity contribution in [3.8, 4) is 0 Å². The fraction of sp³-hybridized carbons (Fsp3) is 0.312. The van der Waals surface area contributed by atoms with Crippen LogP contribution in [0.25, 0.3) is 6.08 Å². The van der Waals surface area contributed by atoms with Crippen molar-refractivity contribution in [1.82, 2.24) is 4.90 Å². The summed E-state index contributed by atoms with van der Waals surface area (Å²) in [5.74, 6) is -0.467. The van der Waals surface area contributed by atoms with Crippen molar-refractivity contribution in [1.29, 1.82) is 0 Å². The first-order valence-electron chi connectivity index (χ1n) is 6.72. The van der Waals surface area contributed by atoms with E-state index in [0.29, 0.717) is 14.8 Å². The number of amides is 1. The lowest BCUT2D eigenvalue weighted by atomic mass is 10.1. The summed E-state index contributed by atoms with van der Waals surface area (Å²) < 4.78 is 5.85. The number of ether oxygens (including phenoxy) is 1. The van der Waals surface area contributed by atoms with Gasteiger partial charge in [-0.05, 0) is 44.5 Å². The zero-order valence-corrected chi connectivity index (χ0v) is 14.5. The first-order valence-corrected chi connectivity index (χ1v) is 7.95. The Morgan fingerprint density at radius 1 is 1.27 bits per heavy atom. The zero-order valence-electron chi connectivity index (χ0n) is 12.9. The maximum absolute atomic E-state index is 11.9. The molecule has 1 saturated heterocycles. The Labute approximate surface area is 139 Å². The summed E-state index contributed by atoms with van der Waals surface area (Å²) in [5, 5.41) is 0. The molecule has 0 aliphatic carbocycles.